The normalized spacial score (nSPS) is 10.6. The van der Waals surface area contributed by atoms with Crippen LogP contribution in [0.3, 0.4) is 0 Å². The van der Waals surface area contributed by atoms with Crippen molar-refractivity contribution in [2.24, 2.45) is 0 Å². The molecule has 1 aromatic heterocycles. The molecule has 1 rings (SSSR count). The molecule has 0 saturated carbocycles. The van der Waals surface area contributed by atoms with Gasteiger partial charge in [-0.05, 0) is 12.8 Å². The first-order valence-electron chi connectivity index (χ1n) is 5.84. The van der Waals surface area contributed by atoms with Gasteiger partial charge in [-0.2, -0.15) is 5.26 Å². The summed E-state index contributed by atoms with van der Waals surface area (Å²) >= 11 is 0. The lowest BCUT2D eigenvalue weighted by Gasteiger charge is -2.10. The van der Waals surface area contributed by atoms with Gasteiger partial charge in [0.25, 0.3) is 0 Å². The van der Waals surface area contributed by atoms with E-state index in [-0.39, 0.29) is 0 Å². The lowest BCUT2D eigenvalue weighted by molar-refractivity contribution is 0.531. The van der Waals surface area contributed by atoms with Crippen molar-refractivity contribution in [1.82, 2.24) is 14.9 Å². The van der Waals surface area contributed by atoms with Crippen molar-refractivity contribution in [2.75, 3.05) is 0 Å². The van der Waals surface area contributed by atoms with E-state index >= 15 is 0 Å². The molecule has 1 heterocycles. The summed E-state index contributed by atoms with van der Waals surface area (Å²) in [6, 6.07) is 2.64. The maximum atomic E-state index is 8.44. The third kappa shape index (κ3) is 4.45. The van der Waals surface area contributed by atoms with E-state index in [1.807, 2.05) is 12.4 Å². The molecule has 0 aromatic carbocycles. The van der Waals surface area contributed by atoms with Crippen LogP contribution in [-0.2, 0) is 13.1 Å². The molecule has 0 amide bonds. The van der Waals surface area contributed by atoms with Gasteiger partial charge in [-0.3, -0.25) is 0 Å². The molecule has 4 heteroatoms. The largest absolute Gasteiger partial charge is 0.334 e. The molecule has 16 heavy (non-hydrogen) atoms. The van der Waals surface area contributed by atoms with Gasteiger partial charge in [-0.1, -0.05) is 13.8 Å². The summed E-state index contributed by atoms with van der Waals surface area (Å²) in [5.41, 5.74) is 0. The number of nitrogens with one attached hydrogen (secondary N) is 1. The van der Waals surface area contributed by atoms with Crippen LogP contribution >= 0.6 is 0 Å². The topological polar surface area (TPSA) is 53.6 Å². The van der Waals surface area contributed by atoms with E-state index in [0.717, 1.165) is 31.8 Å². The van der Waals surface area contributed by atoms with Crippen LogP contribution in [0.4, 0.5) is 0 Å². The summed E-state index contributed by atoms with van der Waals surface area (Å²) in [7, 11) is 0. The minimum Gasteiger partial charge on any atom is -0.334 e. The van der Waals surface area contributed by atoms with Gasteiger partial charge < -0.3 is 9.88 Å². The quantitative estimate of drug-likeness (QED) is 0.716. The monoisotopic (exact) mass is 220 g/mol. The number of aromatic nitrogens is 2. The first-order chi connectivity index (χ1) is 7.74. The summed E-state index contributed by atoms with van der Waals surface area (Å²) in [5.74, 6) is 1.07. The molecule has 0 bridgehead atoms. The van der Waals surface area contributed by atoms with Crippen LogP contribution in [0, 0.1) is 11.3 Å². The average Bonchev–Trinajstić information content (AvgIpc) is 2.69. The first-order valence-corrected chi connectivity index (χ1v) is 5.84. The lowest BCUT2D eigenvalue weighted by atomic mass is 10.2. The summed E-state index contributed by atoms with van der Waals surface area (Å²) in [6.45, 7) is 6.01. The number of unbranched alkanes of at least 4 members (excludes halogenated alkanes) is 2. The Labute approximate surface area is 97.3 Å². The van der Waals surface area contributed by atoms with Gasteiger partial charge in [-0.15, -0.1) is 0 Å². The maximum Gasteiger partial charge on any atom is 0.122 e. The van der Waals surface area contributed by atoms with Crippen molar-refractivity contribution in [3.05, 3.63) is 18.2 Å². The second kappa shape index (κ2) is 7.02. The highest BCUT2D eigenvalue weighted by Gasteiger charge is 2.02. The van der Waals surface area contributed by atoms with E-state index in [4.69, 9.17) is 5.26 Å². The zero-order valence-electron chi connectivity index (χ0n) is 10.1. The summed E-state index contributed by atoms with van der Waals surface area (Å²) in [5, 5.41) is 11.8. The highest BCUT2D eigenvalue weighted by Crippen LogP contribution is 2.03. The Morgan fingerprint density at radius 1 is 1.50 bits per heavy atom. The fraction of sp³-hybridized carbons (Fsp3) is 0.667. The predicted molar refractivity (Wildman–Crippen MR) is 63.7 cm³/mol. The second-order valence-electron chi connectivity index (χ2n) is 4.19. The number of nitrogens with zero attached hydrogens (tertiary/aromatic N) is 3. The number of hydrogen-bond donors (Lipinski definition) is 1. The minimum atomic E-state index is 0.476. The molecule has 88 valence electrons. The summed E-state index contributed by atoms with van der Waals surface area (Å²) in [4.78, 5) is 4.32. The van der Waals surface area contributed by atoms with Crippen LogP contribution in [-0.4, -0.2) is 15.6 Å². The lowest BCUT2D eigenvalue weighted by Crippen LogP contribution is -2.24. The van der Waals surface area contributed by atoms with Crippen molar-refractivity contribution in [3.8, 4) is 6.07 Å². The van der Waals surface area contributed by atoms with Crippen LogP contribution in [0.15, 0.2) is 12.4 Å². The predicted octanol–water partition coefficient (Wildman–Crippen LogP) is 2.07. The first kappa shape index (κ1) is 12.7. The number of aryl methyl sites for hydroxylation is 1. The van der Waals surface area contributed by atoms with Gasteiger partial charge in [0.15, 0.2) is 0 Å². The van der Waals surface area contributed by atoms with Crippen molar-refractivity contribution in [1.29, 1.82) is 5.26 Å². The van der Waals surface area contributed by atoms with E-state index in [1.165, 1.54) is 0 Å². The van der Waals surface area contributed by atoms with Gasteiger partial charge in [0.2, 0.25) is 0 Å². The molecule has 0 atom stereocenters. The van der Waals surface area contributed by atoms with Gasteiger partial charge in [0, 0.05) is 31.4 Å². The standard InChI is InChI=1S/C12H20N4/c1-11(2)15-10-12-14-7-9-16(12)8-5-3-4-6-13/h7,9,11,15H,3-5,8,10H2,1-2H3. The highest BCUT2D eigenvalue weighted by atomic mass is 15.1. The van der Waals surface area contributed by atoms with E-state index in [1.54, 1.807) is 0 Å². The number of imidazole rings is 1. The Bertz CT molecular complexity index is 335. The van der Waals surface area contributed by atoms with Crippen molar-refractivity contribution < 1.29 is 0 Å². The minimum absolute atomic E-state index is 0.476. The molecule has 0 aliphatic rings. The second-order valence-corrected chi connectivity index (χ2v) is 4.19. The maximum absolute atomic E-state index is 8.44. The van der Waals surface area contributed by atoms with E-state index in [2.05, 4.69) is 34.8 Å². The molecule has 0 saturated heterocycles. The summed E-state index contributed by atoms with van der Waals surface area (Å²) < 4.78 is 2.16. The molecule has 0 aliphatic heterocycles. The van der Waals surface area contributed by atoms with E-state index in [0.29, 0.717) is 12.5 Å². The Morgan fingerprint density at radius 3 is 3.00 bits per heavy atom. The zero-order valence-corrected chi connectivity index (χ0v) is 10.1. The van der Waals surface area contributed by atoms with Crippen molar-refractivity contribution in [3.63, 3.8) is 0 Å². The Morgan fingerprint density at radius 2 is 2.31 bits per heavy atom. The molecule has 0 fully saturated rings. The molecule has 0 spiro atoms. The van der Waals surface area contributed by atoms with Crippen LogP contribution < -0.4 is 5.32 Å². The average molecular weight is 220 g/mol. The van der Waals surface area contributed by atoms with Gasteiger partial charge >= 0.3 is 0 Å². The number of nitriles is 1. The fourth-order valence-electron chi connectivity index (χ4n) is 1.49. The third-order valence-corrected chi connectivity index (χ3v) is 2.41. The smallest absolute Gasteiger partial charge is 0.122 e. The Kier molecular flexibility index (Phi) is 5.58. The molecule has 0 radical (unpaired) electrons. The highest BCUT2D eigenvalue weighted by molar-refractivity contribution is 4.92. The van der Waals surface area contributed by atoms with E-state index < -0.39 is 0 Å². The van der Waals surface area contributed by atoms with E-state index in [9.17, 15) is 0 Å². The molecular weight excluding hydrogens is 200 g/mol. The van der Waals surface area contributed by atoms with Gasteiger partial charge in [0.05, 0.1) is 12.6 Å². The van der Waals surface area contributed by atoms with Crippen molar-refractivity contribution in [2.45, 2.75) is 52.2 Å². The van der Waals surface area contributed by atoms with Crippen LogP contribution in [0.2, 0.25) is 0 Å². The van der Waals surface area contributed by atoms with Crippen LogP contribution in [0.5, 0.6) is 0 Å². The van der Waals surface area contributed by atoms with Crippen LogP contribution in [0.25, 0.3) is 0 Å². The Hall–Kier alpha value is -1.34. The molecule has 0 aliphatic carbocycles. The molecule has 1 N–H and O–H groups in total. The SMILES string of the molecule is CC(C)NCc1nccn1CCCCC#N. The van der Waals surface area contributed by atoms with Crippen LogP contribution in [0.1, 0.15) is 38.9 Å². The van der Waals surface area contributed by atoms with Gasteiger partial charge in [0.1, 0.15) is 5.82 Å². The zero-order chi connectivity index (χ0) is 11.8. The molecular formula is C12H20N4. The Balaban J connectivity index is 2.35. The third-order valence-electron chi connectivity index (χ3n) is 2.41. The molecule has 4 nitrogen and oxygen atoms in total. The van der Waals surface area contributed by atoms with Crippen molar-refractivity contribution >= 4 is 0 Å². The fourth-order valence-corrected chi connectivity index (χ4v) is 1.49. The summed E-state index contributed by atoms with van der Waals surface area (Å²) in [6.07, 6.45) is 6.49. The number of rotatable bonds is 7. The molecule has 1 aromatic rings. The number of hydrogen-bond acceptors (Lipinski definition) is 3. The molecule has 0 unspecified atom stereocenters. The van der Waals surface area contributed by atoms with Gasteiger partial charge in [-0.25, -0.2) is 4.98 Å².